The van der Waals surface area contributed by atoms with E-state index in [9.17, 15) is 4.79 Å². The Labute approximate surface area is 105 Å². The predicted molar refractivity (Wildman–Crippen MR) is 69.4 cm³/mol. The molecule has 1 aliphatic heterocycles. The Hall–Kier alpha value is -0.570. The van der Waals surface area contributed by atoms with E-state index in [1.165, 1.54) is 0 Å². The minimum Gasteiger partial charge on any atom is -0.369 e. The van der Waals surface area contributed by atoms with Gasteiger partial charge in [-0.3, -0.25) is 9.69 Å². The second-order valence-corrected chi connectivity index (χ2v) is 7.80. The molecule has 1 saturated heterocycles. The van der Waals surface area contributed by atoms with Crippen LogP contribution in [0.25, 0.3) is 0 Å². The molecule has 0 bridgehead atoms. The van der Waals surface area contributed by atoms with Gasteiger partial charge in [0.05, 0.1) is 0 Å². The van der Waals surface area contributed by atoms with Crippen molar-refractivity contribution in [2.75, 3.05) is 6.54 Å². The Bertz CT molecular complexity index is 337. The highest BCUT2D eigenvalue weighted by atomic mass is 16.1. The normalized spacial score (nSPS) is 38.0. The molecule has 3 nitrogen and oxygen atoms in total. The van der Waals surface area contributed by atoms with Crippen LogP contribution in [-0.2, 0) is 4.79 Å². The highest BCUT2D eigenvalue weighted by Crippen LogP contribution is 2.60. The summed E-state index contributed by atoms with van der Waals surface area (Å²) in [5, 5.41) is 0. The number of piperidine rings is 1. The number of primary amides is 1. The minimum atomic E-state index is -0.0946. The van der Waals surface area contributed by atoms with Crippen molar-refractivity contribution in [2.45, 2.75) is 53.1 Å². The molecule has 0 spiro atoms. The molecule has 17 heavy (non-hydrogen) atoms. The van der Waals surface area contributed by atoms with Crippen LogP contribution in [0.5, 0.6) is 0 Å². The van der Waals surface area contributed by atoms with Crippen molar-refractivity contribution >= 4 is 5.91 Å². The average Bonchev–Trinajstić information content (AvgIpc) is 2.62. The maximum atomic E-state index is 11.4. The van der Waals surface area contributed by atoms with Gasteiger partial charge in [0.15, 0.2) is 0 Å². The van der Waals surface area contributed by atoms with Crippen LogP contribution in [-0.4, -0.2) is 28.9 Å². The molecule has 1 aliphatic carbocycles. The second kappa shape index (κ2) is 3.47. The standard InChI is InChI=1S/C14H26N2O/c1-13(2,3)11-9-8(10(9)12(15)17)7-16(11)14(4,5)6/h8-11H,7H2,1-6H3,(H2,15,17)/t8-,9+,10?,11?/m1/s1. The summed E-state index contributed by atoms with van der Waals surface area (Å²) in [5.41, 5.74) is 5.87. The van der Waals surface area contributed by atoms with Crippen LogP contribution >= 0.6 is 0 Å². The summed E-state index contributed by atoms with van der Waals surface area (Å²) in [7, 11) is 0. The van der Waals surface area contributed by atoms with E-state index in [-0.39, 0.29) is 22.8 Å². The van der Waals surface area contributed by atoms with Gasteiger partial charge in [-0.15, -0.1) is 0 Å². The lowest BCUT2D eigenvalue weighted by atomic mass is 9.81. The number of hydrogen-bond donors (Lipinski definition) is 1. The number of nitrogens with zero attached hydrogens (tertiary/aromatic N) is 1. The van der Waals surface area contributed by atoms with Crippen molar-refractivity contribution in [2.24, 2.45) is 28.9 Å². The number of carbonyl (C=O) groups excluding carboxylic acids is 1. The summed E-state index contributed by atoms with van der Waals surface area (Å²) in [6.45, 7) is 14.6. The van der Waals surface area contributed by atoms with E-state index in [0.717, 1.165) is 6.54 Å². The van der Waals surface area contributed by atoms with Crippen LogP contribution in [0.1, 0.15) is 41.5 Å². The number of fused-ring (bicyclic) bond motifs is 1. The van der Waals surface area contributed by atoms with Crippen molar-refractivity contribution in [3.05, 3.63) is 0 Å². The van der Waals surface area contributed by atoms with Crippen molar-refractivity contribution in [1.29, 1.82) is 0 Å². The van der Waals surface area contributed by atoms with Crippen molar-refractivity contribution in [3.8, 4) is 0 Å². The first-order valence-electron chi connectivity index (χ1n) is 6.61. The predicted octanol–water partition coefficient (Wildman–Crippen LogP) is 1.86. The highest BCUT2D eigenvalue weighted by Gasteiger charge is 2.66. The van der Waals surface area contributed by atoms with Gasteiger partial charge in [0.25, 0.3) is 0 Å². The van der Waals surface area contributed by atoms with E-state index in [4.69, 9.17) is 5.73 Å². The average molecular weight is 238 g/mol. The molecule has 2 fully saturated rings. The number of likely N-dealkylation sites (tertiary alicyclic amines) is 1. The molecule has 0 aromatic heterocycles. The smallest absolute Gasteiger partial charge is 0.221 e. The zero-order valence-corrected chi connectivity index (χ0v) is 11.9. The molecule has 2 rings (SSSR count). The lowest BCUT2D eigenvalue weighted by molar-refractivity contribution is -0.120. The van der Waals surface area contributed by atoms with Gasteiger partial charge in [-0.25, -0.2) is 0 Å². The van der Waals surface area contributed by atoms with Crippen LogP contribution in [0.3, 0.4) is 0 Å². The van der Waals surface area contributed by atoms with Crippen LogP contribution in [0.2, 0.25) is 0 Å². The van der Waals surface area contributed by atoms with E-state index < -0.39 is 0 Å². The van der Waals surface area contributed by atoms with Crippen molar-refractivity contribution in [3.63, 3.8) is 0 Å². The Morgan fingerprint density at radius 1 is 1.18 bits per heavy atom. The lowest BCUT2D eigenvalue weighted by Gasteiger charge is -2.45. The van der Waals surface area contributed by atoms with Crippen LogP contribution < -0.4 is 5.73 Å². The third-order valence-electron chi connectivity index (χ3n) is 4.41. The molecular weight excluding hydrogens is 212 g/mol. The molecule has 1 saturated carbocycles. The number of amides is 1. The molecule has 0 aromatic carbocycles. The molecule has 0 aromatic rings. The van der Waals surface area contributed by atoms with Gasteiger partial charge < -0.3 is 5.73 Å². The Balaban J connectivity index is 2.24. The Kier molecular flexibility index (Phi) is 2.63. The molecule has 1 heterocycles. The largest absolute Gasteiger partial charge is 0.369 e. The maximum Gasteiger partial charge on any atom is 0.221 e. The fraction of sp³-hybridized carbons (Fsp3) is 0.929. The van der Waals surface area contributed by atoms with Gasteiger partial charge in [0.1, 0.15) is 0 Å². The fourth-order valence-electron chi connectivity index (χ4n) is 3.75. The van der Waals surface area contributed by atoms with Gasteiger partial charge >= 0.3 is 0 Å². The lowest BCUT2D eigenvalue weighted by Crippen LogP contribution is -2.53. The monoisotopic (exact) mass is 238 g/mol. The summed E-state index contributed by atoms with van der Waals surface area (Å²) in [5.74, 6) is 1.04. The summed E-state index contributed by atoms with van der Waals surface area (Å²) >= 11 is 0. The minimum absolute atomic E-state index is 0.0946. The van der Waals surface area contributed by atoms with E-state index in [1.54, 1.807) is 0 Å². The van der Waals surface area contributed by atoms with Crippen molar-refractivity contribution in [1.82, 2.24) is 4.90 Å². The molecule has 2 aliphatic rings. The Morgan fingerprint density at radius 3 is 2.06 bits per heavy atom. The van der Waals surface area contributed by atoms with E-state index in [1.807, 2.05) is 0 Å². The fourth-order valence-corrected chi connectivity index (χ4v) is 3.75. The van der Waals surface area contributed by atoms with Crippen LogP contribution in [0.15, 0.2) is 0 Å². The number of carbonyl (C=O) groups is 1. The summed E-state index contributed by atoms with van der Waals surface area (Å²) < 4.78 is 0. The first-order chi connectivity index (χ1) is 7.55. The molecule has 1 amide bonds. The third-order valence-corrected chi connectivity index (χ3v) is 4.41. The van der Waals surface area contributed by atoms with Gasteiger partial charge in [-0.2, -0.15) is 0 Å². The zero-order chi connectivity index (χ0) is 13.2. The maximum absolute atomic E-state index is 11.4. The second-order valence-electron chi connectivity index (χ2n) is 7.80. The van der Waals surface area contributed by atoms with Gasteiger partial charge in [-0.1, -0.05) is 20.8 Å². The number of rotatable bonds is 1. The zero-order valence-electron chi connectivity index (χ0n) is 11.9. The SMILES string of the molecule is CC(C)(C)C1[C@@H]2C(C(N)=O)[C@@H]2CN1C(C)(C)C. The van der Waals surface area contributed by atoms with Gasteiger partial charge in [-0.05, 0) is 38.0 Å². The van der Waals surface area contributed by atoms with Crippen molar-refractivity contribution < 1.29 is 4.79 Å². The topological polar surface area (TPSA) is 46.3 Å². The summed E-state index contributed by atoms with van der Waals surface area (Å²) in [6, 6.07) is 0.477. The molecule has 4 atom stereocenters. The molecule has 3 heteroatoms. The highest BCUT2D eigenvalue weighted by molar-refractivity contribution is 5.81. The third kappa shape index (κ3) is 1.99. The first kappa shape index (κ1) is 12.9. The van der Waals surface area contributed by atoms with E-state index >= 15 is 0 Å². The molecule has 2 N–H and O–H groups in total. The van der Waals surface area contributed by atoms with Crippen LogP contribution in [0.4, 0.5) is 0 Å². The molecule has 2 unspecified atom stereocenters. The van der Waals surface area contributed by atoms with E-state index in [0.29, 0.717) is 17.9 Å². The first-order valence-corrected chi connectivity index (χ1v) is 6.61. The quantitative estimate of drug-likeness (QED) is 0.758. The summed E-state index contributed by atoms with van der Waals surface area (Å²) in [6.07, 6.45) is 0. The van der Waals surface area contributed by atoms with Crippen LogP contribution in [0, 0.1) is 23.2 Å². The summed E-state index contributed by atoms with van der Waals surface area (Å²) in [4.78, 5) is 14.0. The molecule has 0 radical (unpaired) electrons. The molecule has 98 valence electrons. The number of hydrogen-bond acceptors (Lipinski definition) is 2. The van der Waals surface area contributed by atoms with Gasteiger partial charge in [0, 0.05) is 24.0 Å². The van der Waals surface area contributed by atoms with Gasteiger partial charge in [0.2, 0.25) is 5.91 Å². The van der Waals surface area contributed by atoms with E-state index in [2.05, 4.69) is 46.4 Å². The number of nitrogens with two attached hydrogens (primary N) is 1. The molecular formula is C14H26N2O. The Morgan fingerprint density at radius 2 is 1.71 bits per heavy atom.